The van der Waals surface area contributed by atoms with E-state index in [1.165, 1.54) is 0 Å². The third-order valence-corrected chi connectivity index (χ3v) is 3.20. The Hall–Kier alpha value is -2.11. The molecule has 6 nitrogen and oxygen atoms in total. The maximum absolute atomic E-state index is 12.3. The summed E-state index contributed by atoms with van der Waals surface area (Å²) in [4.78, 5) is 29.7. The molecule has 0 atom stereocenters. The molecule has 23 heavy (non-hydrogen) atoms. The van der Waals surface area contributed by atoms with Crippen molar-refractivity contribution in [2.24, 2.45) is 0 Å². The molecule has 1 aromatic heterocycles. The Morgan fingerprint density at radius 1 is 1.00 bits per heavy atom. The van der Waals surface area contributed by atoms with Crippen LogP contribution in [0.4, 0.5) is 15.4 Å². The molecule has 0 aliphatic heterocycles. The number of ether oxygens (including phenoxy) is 2. The summed E-state index contributed by atoms with van der Waals surface area (Å²) in [6, 6.07) is 5.20. The number of hydrogen-bond acceptors (Lipinski definition) is 5. The molecule has 1 heterocycles. The second kappa shape index (κ2) is 10.6. The molecular weight excluding hydrogens is 296 g/mol. The lowest BCUT2D eigenvalue weighted by molar-refractivity contribution is 0.132. The molecule has 0 saturated carbocycles. The number of carbonyl (C=O) groups is 2. The molecule has 1 aromatic rings. The highest BCUT2D eigenvalue weighted by Crippen LogP contribution is 2.15. The Morgan fingerprint density at radius 2 is 1.57 bits per heavy atom. The van der Waals surface area contributed by atoms with Crippen LogP contribution in [0.1, 0.15) is 52.1 Å². The fourth-order valence-corrected chi connectivity index (χ4v) is 1.79. The minimum atomic E-state index is -0.749. The first-order chi connectivity index (χ1) is 11.1. The zero-order valence-corrected chi connectivity index (χ0v) is 14.2. The Balaban J connectivity index is 2.90. The number of hydrogen-bond donors (Lipinski definition) is 0. The predicted molar refractivity (Wildman–Crippen MR) is 88.6 cm³/mol. The van der Waals surface area contributed by atoms with Crippen molar-refractivity contribution in [1.29, 1.82) is 0 Å². The van der Waals surface area contributed by atoms with Gasteiger partial charge in [0.1, 0.15) is 5.82 Å². The molecule has 6 heteroatoms. The van der Waals surface area contributed by atoms with Gasteiger partial charge < -0.3 is 9.47 Å². The zero-order valence-electron chi connectivity index (χ0n) is 14.2. The van der Waals surface area contributed by atoms with Crippen molar-refractivity contribution in [2.75, 3.05) is 18.1 Å². The minimum Gasteiger partial charge on any atom is -0.449 e. The molecule has 0 bridgehead atoms. The maximum atomic E-state index is 12.3. The molecule has 1 rings (SSSR count). The fraction of sp³-hybridized carbons (Fsp3) is 0.588. The fourth-order valence-electron chi connectivity index (χ4n) is 1.79. The summed E-state index contributed by atoms with van der Waals surface area (Å²) in [6.45, 7) is 6.48. The van der Waals surface area contributed by atoms with Crippen molar-refractivity contribution in [3.63, 3.8) is 0 Å². The molecule has 0 aromatic carbocycles. The van der Waals surface area contributed by atoms with Crippen molar-refractivity contribution in [3.8, 4) is 0 Å². The van der Waals surface area contributed by atoms with E-state index < -0.39 is 12.2 Å². The van der Waals surface area contributed by atoms with E-state index in [0.717, 1.165) is 36.3 Å². The molecule has 2 amide bonds. The lowest BCUT2D eigenvalue weighted by atomic mass is 10.3. The largest absolute Gasteiger partial charge is 0.449 e. The van der Waals surface area contributed by atoms with Crippen LogP contribution in [-0.4, -0.2) is 30.4 Å². The van der Waals surface area contributed by atoms with E-state index in [9.17, 15) is 9.59 Å². The molecule has 0 radical (unpaired) electrons. The summed E-state index contributed by atoms with van der Waals surface area (Å²) in [5.74, 6) is 0.229. The van der Waals surface area contributed by atoms with Gasteiger partial charge in [0.25, 0.3) is 0 Å². The van der Waals surface area contributed by atoms with Crippen molar-refractivity contribution in [3.05, 3.63) is 23.9 Å². The standard InChI is InChI=1S/C17H26N2O4/c1-4-7-12-22-16(20)19(17(21)23-13-8-5-2)15-11-9-10-14(6-3)18-15/h9-11H,4-8,12-13H2,1-3H3. The SMILES string of the molecule is CCCCOC(=O)N(C(=O)OCCCC)c1cccc(CC)n1. The van der Waals surface area contributed by atoms with Crippen molar-refractivity contribution < 1.29 is 19.1 Å². The van der Waals surface area contributed by atoms with Crippen LogP contribution in [0, 0.1) is 0 Å². The van der Waals surface area contributed by atoms with Gasteiger partial charge in [-0.15, -0.1) is 0 Å². The number of aromatic nitrogens is 1. The molecule has 0 N–H and O–H groups in total. The number of pyridine rings is 1. The average Bonchev–Trinajstić information content (AvgIpc) is 2.56. The summed E-state index contributed by atoms with van der Waals surface area (Å²) in [7, 11) is 0. The van der Waals surface area contributed by atoms with Gasteiger partial charge >= 0.3 is 12.2 Å². The van der Waals surface area contributed by atoms with E-state index in [4.69, 9.17) is 9.47 Å². The molecule has 0 spiro atoms. The van der Waals surface area contributed by atoms with Gasteiger partial charge in [-0.1, -0.05) is 39.7 Å². The predicted octanol–water partition coefficient (Wildman–Crippen LogP) is 4.32. The second-order valence-corrected chi connectivity index (χ2v) is 5.11. The number of unbranched alkanes of at least 4 members (excludes halogenated alkanes) is 2. The molecule has 0 fully saturated rings. The number of carbonyl (C=O) groups excluding carboxylic acids is 2. The van der Waals surface area contributed by atoms with Gasteiger partial charge in [0, 0.05) is 5.69 Å². The molecule has 128 valence electrons. The van der Waals surface area contributed by atoms with E-state index in [0.29, 0.717) is 6.42 Å². The molecule has 0 saturated heterocycles. The lowest BCUT2D eigenvalue weighted by Crippen LogP contribution is -2.39. The second-order valence-electron chi connectivity index (χ2n) is 5.11. The highest BCUT2D eigenvalue weighted by molar-refractivity contribution is 6.08. The van der Waals surface area contributed by atoms with Gasteiger partial charge in [-0.2, -0.15) is 4.90 Å². The van der Waals surface area contributed by atoms with Crippen LogP contribution in [0.5, 0.6) is 0 Å². The van der Waals surface area contributed by atoms with E-state index in [1.54, 1.807) is 12.1 Å². The average molecular weight is 322 g/mol. The zero-order chi connectivity index (χ0) is 17.1. The van der Waals surface area contributed by atoms with E-state index >= 15 is 0 Å². The molecular formula is C17H26N2O4. The number of anilines is 1. The van der Waals surface area contributed by atoms with Crippen LogP contribution in [0.15, 0.2) is 18.2 Å². The van der Waals surface area contributed by atoms with E-state index in [2.05, 4.69) is 4.98 Å². The summed E-state index contributed by atoms with van der Waals surface area (Å²) in [5.41, 5.74) is 0.787. The quantitative estimate of drug-likeness (QED) is 0.667. The van der Waals surface area contributed by atoms with E-state index in [1.807, 2.05) is 26.8 Å². The summed E-state index contributed by atoms with van der Waals surface area (Å²) < 4.78 is 10.3. The van der Waals surface area contributed by atoms with Gasteiger partial charge in [0.2, 0.25) is 0 Å². The Kier molecular flexibility index (Phi) is 8.72. The lowest BCUT2D eigenvalue weighted by Gasteiger charge is -2.19. The van der Waals surface area contributed by atoms with Gasteiger partial charge in [-0.05, 0) is 31.4 Å². The maximum Gasteiger partial charge on any atom is 0.425 e. The third kappa shape index (κ3) is 6.26. The van der Waals surface area contributed by atoms with E-state index in [-0.39, 0.29) is 19.0 Å². The highest BCUT2D eigenvalue weighted by Gasteiger charge is 2.27. The number of imide groups is 1. The molecule has 0 aliphatic rings. The van der Waals surface area contributed by atoms with Gasteiger partial charge in [0.05, 0.1) is 13.2 Å². The summed E-state index contributed by atoms with van der Waals surface area (Å²) >= 11 is 0. The first kappa shape index (κ1) is 18.9. The minimum absolute atomic E-state index is 0.229. The number of rotatable bonds is 8. The number of amides is 2. The van der Waals surface area contributed by atoms with Crippen LogP contribution in [0.3, 0.4) is 0 Å². The van der Waals surface area contributed by atoms with Crippen molar-refractivity contribution in [1.82, 2.24) is 4.98 Å². The normalized spacial score (nSPS) is 10.2. The Labute approximate surface area is 137 Å². The Bertz CT molecular complexity index is 483. The summed E-state index contributed by atoms with van der Waals surface area (Å²) in [6.07, 6.45) is 2.49. The van der Waals surface area contributed by atoms with Gasteiger partial charge in [-0.3, -0.25) is 0 Å². The summed E-state index contributed by atoms with van der Waals surface area (Å²) in [5, 5.41) is 0. The number of nitrogens with zero attached hydrogens (tertiary/aromatic N) is 2. The van der Waals surface area contributed by atoms with Crippen LogP contribution in [-0.2, 0) is 15.9 Å². The first-order valence-corrected chi connectivity index (χ1v) is 8.23. The van der Waals surface area contributed by atoms with Crippen LogP contribution in [0.25, 0.3) is 0 Å². The Morgan fingerprint density at radius 3 is 2.04 bits per heavy atom. The topological polar surface area (TPSA) is 68.7 Å². The van der Waals surface area contributed by atoms with Gasteiger partial charge in [0.15, 0.2) is 0 Å². The first-order valence-electron chi connectivity index (χ1n) is 8.23. The van der Waals surface area contributed by atoms with Crippen molar-refractivity contribution in [2.45, 2.75) is 52.9 Å². The van der Waals surface area contributed by atoms with Crippen LogP contribution >= 0.6 is 0 Å². The smallest absolute Gasteiger partial charge is 0.425 e. The number of aryl methyl sites for hydroxylation is 1. The highest BCUT2D eigenvalue weighted by atomic mass is 16.6. The molecule has 0 unspecified atom stereocenters. The molecule has 0 aliphatic carbocycles. The van der Waals surface area contributed by atoms with Gasteiger partial charge in [-0.25, -0.2) is 14.6 Å². The monoisotopic (exact) mass is 322 g/mol. The van der Waals surface area contributed by atoms with Crippen molar-refractivity contribution >= 4 is 18.0 Å². The third-order valence-electron chi connectivity index (χ3n) is 3.20. The van der Waals surface area contributed by atoms with Crippen LogP contribution in [0.2, 0.25) is 0 Å². The van der Waals surface area contributed by atoms with Crippen LogP contribution < -0.4 is 4.90 Å².